The highest BCUT2D eigenvalue weighted by Gasteiger charge is 2.13. The fourth-order valence-electron chi connectivity index (χ4n) is 1.06. The van der Waals surface area contributed by atoms with E-state index in [1.54, 1.807) is 4.90 Å². The summed E-state index contributed by atoms with van der Waals surface area (Å²) >= 11 is 0. The van der Waals surface area contributed by atoms with Gasteiger partial charge < -0.3 is 5.11 Å². The summed E-state index contributed by atoms with van der Waals surface area (Å²) in [6.45, 7) is 4.14. The second-order valence-electron chi connectivity index (χ2n) is 3.74. The molecule has 74 valence electrons. The smallest absolute Gasteiger partial charge is 0.149 e. The number of H-pyrrole nitrogens is 1. The van der Waals surface area contributed by atoms with E-state index in [4.69, 9.17) is 0 Å². The van der Waals surface area contributed by atoms with E-state index in [2.05, 4.69) is 24.0 Å². The van der Waals surface area contributed by atoms with Gasteiger partial charge in [0.15, 0.2) is 0 Å². The van der Waals surface area contributed by atoms with Gasteiger partial charge in [-0.25, -0.2) is 0 Å². The van der Waals surface area contributed by atoms with Crippen molar-refractivity contribution in [3.63, 3.8) is 0 Å². The molecular formula is C9H17N3O. The van der Waals surface area contributed by atoms with Crippen LogP contribution < -0.4 is 0 Å². The molecule has 0 bridgehead atoms. The van der Waals surface area contributed by atoms with E-state index in [9.17, 15) is 5.11 Å². The third kappa shape index (κ3) is 2.29. The molecule has 0 aliphatic rings. The van der Waals surface area contributed by atoms with E-state index >= 15 is 0 Å². The van der Waals surface area contributed by atoms with Gasteiger partial charge in [0.1, 0.15) is 6.23 Å². The zero-order valence-corrected chi connectivity index (χ0v) is 8.57. The predicted molar refractivity (Wildman–Crippen MR) is 51.3 cm³/mol. The standard InChI is InChI=1S/C9H17N3O/c1-6(2)7-5-8(11-10-7)9(13)12(3)4/h5-6,9,13H,1-4H3,(H,10,11). The van der Waals surface area contributed by atoms with Crippen molar-refractivity contribution >= 4 is 0 Å². The number of hydrogen-bond acceptors (Lipinski definition) is 3. The molecule has 0 radical (unpaired) electrons. The summed E-state index contributed by atoms with van der Waals surface area (Å²) in [7, 11) is 3.64. The molecule has 4 nitrogen and oxygen atoms in total. The zero-order chi connectivity index (χ0) is 10.0. The molecule has 1 aromatic rings. The second-order valence-corrected chi connectivity index (χ2v) is 3.74. The van der Waals surface area contributed by atoms with Crippen molar-refractivity contribution < 1.29 is 5.11 Å². The molecule has 2 N–H and O–H groups in total. The van der Waals surface area contributed by atoms with E-state index in [1.165, 1.54) is 0 Å². The Balaban J connectivity index is 2.79. The number of nitrogens with zero attached hydrogens (tertiary/aromatic N) is 2. The molecule has 0 fully saturated rings. The van der Waals surface area contributed by atoms with Gasteiger partial charge in [-0.2, -0.15) is 5.10 Å². The monoisotopic (exact) mass is 183 g/mol. The van der Waals surface area contributed by atoms with Gasteiger partial charge in [-0.05, 0) is 26.1 Å². The maximum absolute atomic E-state index is 9.65. The second kappa shape index (κ2) is 3.89. The molecular weight excluding hydrogens is 166 g/mol. The van der Waals surface area contributed by atoms with Crippen LogP contribution in [-0.2, 0) is 0 Å². The van der Waals surface area contributed by atoms with E-state index < -0.39 is 6.23 Å². The molecule has 1 unspecified atom stereocenters. The van der Waals surface area contributed by atoms with Crippen molar-refractivity contribution in [2.75, 3.05) is 14.1 Å². The average molecular weight is 183 g/mol. The van der Waals surface area contributed by atoms with Crippen LogP contribution in [0.4, 0.5) is 0 Å². The summed E-state index contributed by atoms with van der Waals surface area (Å²) in [6, 6.07) is 1.90. The van der Waals surface area contributed by atoms with Gasteiger partial charge in [-0.15, -0.1) is 0 Å². The van der Waals surface area contributed by atoms with E-state index in [0.29, 0.717) is 5.92 Å². The summed E-state index contributed by atoms with van der Waals surface area (Å²) in [4.78, 5) is 1.72. The Labute approximate surface area is 78.6 Å². The first-order valence-electron chi connectivity index (χ1n) is 4.42. The van der Waals surface area contributed by atoms with Gasteiger partial charge >= 0.3 is 0 Å². The molecule has 0 amide bonds. The van der Waals surface area contributed by atoms with E-state index in [-0.39, 0.29) is 0 Å². The Bertz CT molecular complexity index is 268. The summed E-state index contributed by atoms with van der Waals surface area (Å²) < 4.78 is 0. The van der Waals surface area contributed by atoms with Crippen molar-refractivity contribution in [3.8, 4) is 0 Å². The lowest BCUT2D eigenvalue weighted by atomic mass is 10.1. The maximum atomic E-state index is 9.65. The minimum absolute atomic E-state index is 0.388. The third-order valence-electron chi connectivity index (χ3n) is 1.98. The number of rotatable bonds is 3. The van der Waals surface area contributed by atoms with Crippen LogP contribution in [0.2, 0.25) is 0 Å². The first kappa shape index (κ1) is 10.2. The van der Waals surface area contributed by atoms with Gasteiger partial charge in [0.05, 0.1) is 11.4 Å². The highest BCUT2D eigenvalue weighted by Crippen LogP contribution is 2.17. The van der Waals surface area contributed by atoms with Gasteiger partial charge in [-0.3, -0.25) is 10.00 Å². The SMILES string of the molecule is CC(C)c1cc(C(O)N(C)C)[nH]n1. The van der Waals surface area contributed by atoms with Crippen molar-refractivity contribution in [3.05, 3.63) is 17.5 Å². The Kier molecular flexibility index (Phi) is 3.06. The predicted octanol–water partition coefficient (Wildman–Crippen LogP) is 1.09. The number of aromatic amines is 1. The van der Waals surface area contributed by atoms with Crippen molar-refractivity contribution in [1.82, 2.24) is 15.1 Å². The lowest BCUT2D eigenvalue weighted by Gasteiger charge is -2.15. The summed E-state index contributed by atoms with van der Waals surface area (Å²) in [5.74, 6) is 0.388. The third-order valence-corrected chi connectivity index (χ3v) is 1.98. The van der Waals surface area contributed by atoms with Crippen LogP contribution in [0.1, 0.15) is 37.4 Å². The van der Waals surface area contributed by atoms with E-state index in [0.717, 1.165) is 11.4 Å². The average Bonchev–Trinajstić information content (AvgIpc) is 2.50. The lowest BCUT2D eigenvalue weighted by Crippen LogP contribution is -2.19. The van der Waals surface area contributed by atoms with Crippen LogP contribution in [0.3, 0.4) is 0 Å². The molecule has 1 heterocycles. The van der Waals surface area contributed by atoms with Crippen LogP contribution in [-0.4, -0.2) is 34.3 Å². The van der Waals surface area contributed by atoms with Crippen molar-refractivity contribution in [2.45, 2.75) is 26.0 Å². The lowest BCUT2D eigenvalue weighted by molar-refractivity contribution is 0.0357. The summed E-state index contributed by atoms with van der Waals surface area (Å²) in [6.07, 6.45) is -0.597. The van der Waals surface area contributed by atoms with Crippen molar-refractivity contribution in [2.24, 2.45) is 0 Å². The molecule has 0 spiro atoms. The van der Waals surface area contributed by atoms with Gasteiger partial charge in [0, 0.05) is 0 Å². The molecule has 13 heavy (non-hydrogen) atoms. The van der Waals surface area contributed by atoms with Crippen LogP contribution in [0.5, 0.6) is 0 Å². The largest absolute Gasteiger partial charge is 0.372 e. The Morgan fingerprint density at radius 3 is 2.46 bits per heavy atom. The minimum Gasteiger partial charge on any atom is -0.372 e. The van der Waals surface area contributed by atoms with Crippen LogP contribution in [0.25, 0.3) is 0 Å². The normalized spacial score (nSPS) is 14.1. The van der Waals surface area contributed by atoms with Crippen molar-refractivity contribution in [1.29, 1.82) is 0 Å². The quantitative estimate of drug-likeness (QED) is 0.690. The summed E-state index contributed by atoms with van der Waals surface area (Å²) in [5, 5.41) is 16.6. The fraction of sp³-hybridized carbons (Fsp3) is 0.667. The number of hydrogen-bond donors (Lipinski definition) is 2. The van der Waals surface area contributed by atoms with Crippen LogP contribution in [0.15, 0.2) is 6.07 Å². The fourth-order valence-corrected chi connectivity index (χ4v) is 1.06. The topological polar surface area (TPSA) is 52.1 Å². The Hall–Kier alpha value is -0.870. The summed E-state index contributed by atoms with van der Waals surface area (Å²) in [5.41, 5.74) is 1.73. The molecule has 4 heteroatoms. The van der Waals surface area contributed by atoms with Gasteiger partial charge in [0.25, 0.3) is 0 Å². The molecule has 0 aliphatic carbocycles. The molecule has 0 aromatic carbocycles. The molecule has 0 saturated carbocycles. The number of nitrogens with one attached hydrogen (secondary N) is 1. The zero-order valence-electron chi connectivity index (χ0n) is 8.57. The molecule has 1 rings (SSSR count). The highest BCUT2D eigenvalue weighted by molar-refractivity contribution is 5.13. The first-order chi connectivity index (χ1) is 6.02. The van der Waals surface area contributed by atoms with Gasteiger partial charge in [-0.1, -0.05) is 13.8 Å². The van der Waals surface area contributed by atoms with Crippen LogP contribution in [0, 0.1) is 0 Å². The molecule has 0 aliphatic heterocycles. The molecule has 1 aromatic heterocycles. The number of aliphatic hydroxyl groups excluding tert-OH is 1. The minimum atomic E-state index is -0.597. The maximum Gasteiger partial charge on any atom is 0.149 e. The van der Waals surface area contributed by atoms with E-state index in [1.807, 2.05) is 20.2 Å². The first-order valence-corrected chi connectivity index (χ1v) is 4.42. The Morgan fingerprint density at radius 2 is 2.08 bits per heavy atom. The molecule has 0 saturated heterocycles. The Morgan fingerprint density at radius 1 is 1.46 bits per heavy atom. The number of aliphatic hydroxyl groups is 1. The number of aromatic nitrogens is 2. The van der Waals surface area contributed by atoms with Gasteiger partial charge in [0.2, 0.25) is 0 Å². The van der Waals surface area contributed by atoms with Crippen LogP contribution >= 0.6 is 0 Å². The molecule has 1 atom stereocenters. The highest BCUT2D eigenvalue weighted by atomic mass is 16.3.